The van der Waals surface area contributed by atoms with E-state index in [2.05, 4.69) is 27.2 Å². The van der Waals surface area contributed by atoms with Crippen LogP contribution in [0.2, 0.25) is 0 Å². The lowest BCUT2D eigenvalue weighted by Crippen LogP contribution is -2.47. The number of nitrogens with one attached hydrogen (secondary N) is 2. The molecule has 1 aromatic heterocycles. The Hall–Kier alpha value is -5.10. The van der Waals surface area contributed by atoms with Crippen LogP contribution in [0.4, 0.5) is 11.4 Å². The van der Waals surface area contributed by atoms with Gasteiger partial charge in [-0.15, -0.1) is 0 Å². The molecule has 3 amide bonds. The van der Waals surface area contributed by atoms with Crippen molar-refractivity contribution in [3.63, 3.8) is 0 Å². The minimum absolute atomic E-state index is 0.227. The van der Waals surface area contributed by atoms with Crippen LogP contribution in [-0.4, -0.2) is 98.1 Å². The Kier molecular flexibility index (Phi) is 11.7. The number of ether oxygens (including phenoxy) is 3. The summed E-state index contributed by atoms with van der Waals surface area (Å²) in [6.07, 6.45) is 3.05. The van der Waals surface area contributed by atoms with Gasteiger partial charge in [-0.25, -0.2) is 0 Å². The Labute approximate surface area is 287 Å². The molecule has 12 nitrogen and oxygen atoms in total. The largest absolute Gasteiger partial charge is 0.495 e. The third kappa shape index (κ3) is 8.69. The van der Waals surface area contributed by atoms with Gasteiger partial charge in [-0.3, -0.25) is 14.4 Å². The summed E-state index contributed by atoms with van der Waals surface area (Å²) >= 11 is 0. The van der Waals surface area contributed by atoms with Crippen LogP contribution in [0.3, 0.4) is 0 Å². The Morgan fingerprint density at radius 1 is 0.959 bits per heavy atom. The van der Waals surface area contributed by atoms with Gasteiger partial charge in [0.05, 0.1) is 42.8 Å². The Morgan fingerprint density at radius 2 is 1.76 bits per heavy atom. The maximum atomic E-state index is 13.7. The standard InChI is InChI=1S/C37H46N6O6/c1-6-48-37-39-29-12-10-11-27(34(29)40-37)35(45)38-28-16-15-26(24-31(28)47-5)36(46)42(4)30-17-14-25(2)23-32(30)49-22-9-7-8-13-33(44)43-20-18-41(3)19-21-43/h10-12,14-17,23-24H,6-9,13,18-22H2,1-5H3,(H,38,45)(H,39,40). The van der Waals surface area contributed by atoms with Gasteiger partial charge in [-0.2, -0.15) is 4.98 Å². The third-order valence-corrected chi connectivity index (χ3v) is 8.64. The highest BCUT2D eigenvalue weighted by molar-refractivity contribution is 6.12. The molecule has 0 bridgehead atoms. The number of amides is 3. The molecule has 12 heteroatoms. The molecule has 49 heavy (non-hydrogen) atoms. The highest BCUT2D eigenvalue weighted by atomic mass is 16.5. The number of fused-ring (bicyclic) bond motifs is 1. The monoisotopic (exact) mass is 670 g/mol. The van der Waals surface area contributed by atoms with Crippen molar-refractivity contribution >= 4 is 40.1 Å². The summed E-state index contributed by atoms with van der Waals surface area (Å²) in [5, 5.41) is 2.89. The number of unbranched alkanes of at least 4 members (excludes halogenated alkanes) is 2. The number of aryl methyl sites for hydroxylation is 1. The predicted octanol–water partition coefficient (Wildman–Crippen LogP) is 5.52. The van der Waals surface area contributed by atoms with Gasteiger partial charge in [0.2, 0.25) is 5.91 Å². The molecule has 0 saturated carbocycles. The Balaban J connectivity index is 1.19. The number of likely N-dealkylation sites (N-methyl/N-ethyl adjacent to an activating group) is 1. The molecule has 0 unspecified atom stereocenters. The van der Waals surface area contributed by atoms with E-state index in [1.165, 1.54) is 7.11 Å². The quantitative estimate of drug-likeness (QED) is 0.168. The van der Waals surface area contributed by atoms with E-state index in [9.17, 15) is 14.4 Å². The van der Waals surface area contributed by atoms with Crippen molar-refractivity contribution in [3.8, 4) is 17.5 Å². The van der Waals surface area contributed by atoms with Crippen molar-refractivity contribution in [2.45, 2.75) is 39.5 Å². The molecule has 4 aromatic rings. The van der Waals surface area contributed by atoms with Gasteiger partial charge in [0.25, 0.3) is 17.8 Å². The highest BCUT2D eigenvalue weighted by Gasteiger charge is 2.22. The number of imidazole rings is 1. The molecule has 0 aliphatic carbocycles. The summed E-state index contributed by atoms with van der Waals surface area (Å²) in [5.41, 5.74) is 3.98. The van der Waals surface area contributed by atoms with Crippen LogP contribution in [0, 0.1) is 6.92 Å². The average Bonchev–Trinajstić information content (AvgIpc) is 3.52. The van der Waals surface area contributed by atoms with Gasteiger partial charge in [0, 0.05) is 45.2 Å². The SMILES string of the molecule is CCOc1nc2c(C(=O)Nc3ccc(C(=O)N(C)c4ccc(C)cc4OCCCCCC(=O)N4CCN(C)CC4)cc3OC)cccc2[nH]1. The van der Waals surface area contributed by atoms with Crippen LogP contribution in [0.25, 0.3) is 11.0 Å². The number of methoxy groups -OCH3 is 1. The number of aromatic nitrogens is 2. The third-order valence-electron chi connectivity index (χ3n) is 8.64. The van der Waals surface area contributed by atoms with E-state index >= 15 is 0 Å². The number of nitrogens with zero attached hydrogens (tertiary/aromatic N) is 4. The fraction of sp³-hybridized carbons (Fsp3) is 0.405. The maximum absolute atomic E-state index is 13.7. The number of piperazine rings is 1. The highest BCUT2D eigenvalue weighted by Crippen LogP contribution is 2.32. The number of hydrogen-bond acceptors (Lipinski definition) is 8. The summed E-state index contributed by atoms with van der Waals surface area (Å²) in [6, 6.07) is 16.3. The van der Waals surface area contributed by atoms with Crippen LogP contribution >= 0.6 is 0 Å². The van der Waals surface area contributed by atoms with Crippen LogP contribution < -0.4 is 24.4 Å². The van der Waals surface area contributed by atoms with Crippen molar-refractivity contribution < 1.29 is 28.6 Å². The zero-order valence-electron chi connectivity index (χ0n) is 29.0. The molecule has 1 aliphatic heterocycles. The van der Waals surface area contributed by atoms with Gasteiger partial charge in [0.15, 0.2) is 0 Å². The molecule has 3 aromatic carbocycles. The Morgan fingerprint density at radius 3 is 2.51 bits per heavy atom. The number of aromatic amines is 1. The summed E-state index contributed by atoms with van der Waals surface area (Å²) < 4.78 is 17.2. The van der Waals surface area contributed by atoms with E-state index < -0.39 is 0 Å². The zero-order chi connectivity index (χ0) is 34.9. The van der Waals surface area contributed by atoms with Gasteiger partial charge in [-0.1, -0.05) is 12.1 Å². The van der Waals surface area contributed by atoms with Crippen LogP contribution in [-0.2, 0) is 4.79 Å². The van der Waals surface area contributed by atoms with Crippen molar-refractivity contribution in [1.29, 1.82) is 0 Å². The lowest BCUT2D eigenvalue weighted by molar-refractivity contribution is -0.132. The van der Waals surface area contributed by atoms with Gasteiger partial charge in [0.1, 0.15) is 17.0 Å². The van der Waals surface area contributed by atoms with E-state index in [-0.39, 0.29) is 17.7 Å². The number of para-hydroxylation sites is 1. The summed E-state index contributed by atoms with van der Waals surface area (Å²) in [7, 11) is 5.27. The minimum Gasteiger partial charge on any atom is -0.495 e. The molecule has 0 atom stereocenters. The average molecular weight is 671 g/mol. The molecule has 2 heterocycles. The first-order chi connectivity index (χ1) is 23.7. The number of rotatable bonds is 14. The molecule has 260 valence electrons. The van der Waals surface area contributed by atoms with Crippen molar-refractivity contribution in [2.24, 2.45) is 0 Å². The fourth-order valence-electron chi connectivity index (χ4n) is 5.78. The molecule has 0 spiro atoms. The van der Waals surface area contributed by atoms with Gasteiger partial charge < -0.3 is 39.2 Å². The number of H-pyrrole nitrogens is 1. The fourth-order valence-corrected chi connectivity index (χ4v) is 5.78. The second-order valence-corrected chi connectivity index (χ2v) is 12.2. The first kappa shape index (κ1) is 35.2. The molecular formula is C37H46N6O6. The van der Waals surface area contributed by atoms with E-state index in [1.54, 1.807) is 42.3 Å². The van der Waals surface area contributed by atoms with Crippen molar-refractivity contribution in [1.82, 2.24) is 19.8 Å². The lowest BCUT2D eigenvalue weighted by Gasteiger charge is -2.32. The topological polar surface area (TPSA) is 129 Å². The summed E-state index contributed by atoms with van der Waals surface area (Å²) in [6.45, 7) is 8.20. The van der Waals surface area contributed by atoms with E-state index in [4.69, 9.17) is 14.2 Å². The molecular weight excluding hydrogens is 624 g/mol. The van der Waals surface area contributed by atoms with Gasteiger partial charge >= 0.3 is 0 Å². The van der Waals surface area contributed by atoms with Crippen LogP contribution in [0.1, 0.15) is 58.9 Å². The first-order valence-electron chi connectivity index (χ1n) is 16.8. The Bertz CT molecular complexity index is 1780. The molecule has 2 N–H and O–H groups in total. The molecule has 5 rings (SSSR count). The second-order valence-electron chi connectivity index (χ2n) is 12.2. The normalized spacial score (nSPS) is 13.3. The number of benzene rings is 3. The van der Waals surface area contributed by atoms with Gasteiger partial charge in [-0.05, 0) is 88.2 Å². The summed E-state index contributed by atoms with van der Waals surface area (Å²) in [4.78, 5) is 52.8. The summed E-state index contributed by atoms with van der Waals surface area (Å²) in [5.74, 6) is 0.531. The maximum Gasteiger partial charge on any atom is 0.294 e. The van der Waals surface area contributed by atoms with Crippen LogP contribution in [0.15, 0.2) is 54.6 Å². The smallest absolute Gasteiger partial charge is 0.294 e. The first-order valence-corrected chi connectivity index (χ1v) is 16.8. The van der Waals surface area contributed by atoms with Crippen molar-refractivity contribution in [3.05, 3.63) is 71.3 Å². The number of hydrogen-bond donors (Lipinski definition) is 2. The van der Waals surface area contributed by atoms with E-state index in [0.29, 0.717) is 70.7 Å². The molecule has 1 aliphatic rings. The lowest BCUT2D eigenvalue weighted by atomic mass is 10.1. The van der Waals surface area contributed by atoms with Crippen LogP contribution in [0.5, 0.6) is 17.5 Å². The minimum atomic E-state index is -0.377. The zero-order valence-corrected chi connectivity index (χ0v) is 29.0. The van der Waals surface area contributed by atoms with E-state index in [1.807, 2.05) is 43.0 Å². The predicted molar refractivity (Wildman–Crippen MR) is 190 cm³/mol. The second kappa shape index (κ2) is 16.3. The molecule has 1 saturated heterocycles. The van der Waals surface area contributed by atoms with E-state index in [0.717, 1.165) is 51.0 Å². The molecule has 1 fully saturated rings. The van der Waals surface area contributed by atoms with Crippen molar-refractivity contribution in [2.75, 3.05) is 70.8 Å². The molecule has 0 radical (unpaired) electrons. The number of anilines is 2. The number of carbonyl (C=O) groups excluding carboxylic acids is 3. The number of carbonyl (C=O) groups is 3.